The first-order valence-corrected chi connectivity index (χ1v) is 7.12. The molecule has 1 heterocycles. The normalized spacial score (nSPS) is 10.2. The molecule has 0 atom stereocenters. The molecule has 1 amide bonds. The highest BCUT2D eigenvalue weighted by Crippen LogP contribution is 2.16. The quantitative estimate of drug-likeness (QED) is 0.872. The van der Waals surface area contributed by atoms with Gasteiger partial charge < -0.3 is 10.1 Å². The van der Waals surface area contributed by atoms with Crippen molar-refractivity contribution in [2.75, 3.05) is 12.4 Å². The van der Waals surface area contributed by atoms with Gasteiger partial charge in [-0.2, -0.15) is 0 Å². The van der Waals surface area contributed by atoms with Crippen LogP contribution in [0.3, 0.4) is 0 Å². The van der Waals surface area contributed by atoms with Gasteiger partial charge in [-0.25, -0.2) is 0 Å². The van der Waals surface area contributed by atoms with Crippen LogP contribution in [0.5, 0.6) is 5.75 Å². The van der Waals surface area contributed by atoms with Crippen LogP contribution in [-0.2, 0) is 11.2 Å². The molecule has 4 heteroatoms. The van der Waals surface area contributed by atoms with Gasteiger partial charge in [0, 0.05) is 17.0 Å². The minimum absolute atomic E-state index is 0.0572. The summed E-state index contributed by atoms with van der Waals surface area (Å²) in [5.41, 5.74) is 0.807. The van der Waals surface area contributed by atoms with Crippen LogP contribution >= 0.6 is 11.3 Å². The number of carbonyl (C=O) groups excluding carboxylic acids is 1. The molecule has 0 aliphatic carbocycles. The highest BCUT2D eigenvalue weighted by molar-refractivity contribution is 7.09. The van der Waals surface area contributed by atoms with Gasteiger partial charge >= 0.3 is 0 Å². The molecule has 1 aromatic carbocycles. The van der Waals surface area contributed by atoms with Crippen molar-refractivity contribution >= 4 is 22.9 Å². The lowest BCUT2D eigenvalue weighted by Gasteiger charge is -2.06. The first-order valence-electron chi connectivity index (χ1n) is 6.24. The van der Waals surface area contributed by atoms with Crippen molar-refractivity contribution in [2.24, 2.45) is 0 Å². The van der Waals surface area contributed by atoms with Gasteiger partial charge in [0.25, 0.3) is 0 Å². The third-order valence-corrected chi connectivity index (χ3v) is 3.72. The van der Waals surface area contributed by atoms with E-state index in [1.807, 2.05) is 30.3 Å². The van der Waals surface area contributed by atoms with Gasteiger partial charge in [-0.3, -0.25) is 4.79 Å². The van der Waals surface area contributed by atoms with Gasteiger partial charge in [0.2, 0.25) is 5.91 Å². The molecule has 0 saturated heterocycles. The Morgan fingerprint density at radius 3 is 2.68 bits per heavy atom. The van der Waals surface area contributed by atoms with Crippen LogP contribution < -0.4 is 10.1 Å². The fraction of sp³-hybridized carbons (Fsp3) is 0.267. The van der Waals surface area contributed by atoms with E-state index < -0.39 is 0 Å². The Morgan fingerprint density at radius 2 is 2.05 bits per heavy atom. The van der Waals surface area contributed by atoms with Gasteiger partial charge in [0.15, 0.2) is 0 Å². The van der Waals surface area contributed by atoms with Crippen molar-refractivity contribution in [3.63, 3.8) is 0 Å². The lowest BCUT2D eigenvalue weighted by atomic mass is 10.2. The van der Waals surface area contributed by atoms with Crippen LogP contribution in [0.4, 0.5) is 5.69 Å². The molecule has 0 fully saturated rings. The minimum atomic E-state index is 0.0572. The zero-order chi connectivity index (χ0) is 13.5. The van der Waals surface area contributed by atoms with E-state index in [1.165, 1.54) is 4.88 Å². The third kappa shape index (κ3) is 4.41. The molecule has 0 aliphatic rings. The summed E-state index contributed by atoms with van der Waals surface area (Å²) in [5.74, 6) is 0.845. The van der Waals surface area contributed by atoms with E-state index in [2.05, 4.69) is 16.8 Å². The molecule has 0 bridgehead atoms. The predicted octanol–water partition coefficient (Wildman–Crippen LogP) is 3.72. The first-order chi connectivity index (χ1) is 9.28. The largest absolute Gasteiger partial charge is 0.497 e. The summed E-state index contributed by atoms with van der Waals surface area (Å²) in [4.78, 5) is 13.1. The summed E-state index contributed by atoms with van der Waals surface area (Å²) in [7, 11) is 1.62. The SMILES string of the molecule is COc1ccc(NC(=O)CCCc2cccs2)cc1. The molecule has 2 aromatic rings. The molecule has 1 N–H and O–H groups in total. The fourth-order valence-electron chi connectivity index (χ4n) is 1.78. The van der Waals surface area contributed by atoms with Crippen molar-refractivity contribution in [3.05, 3.63) is 46.7 Å². The Bertz CT molecular complexity index is 505. The molecule has 0 saturated carbocycles. The van der Waals surface area contributed by atoms with Crippen LogP contribution in [0.25, 0.3) is 0 Å². The molecule has 0 aliphatic heterocycles. The number of rotatable bonds is 6. The van der Waals surface area contributed by atoms with Gasteiger partial charge in [-0.05, 0) is 48.6 Å². The Balaban J connectivity index is 1.74. The van der Waals surface area contributed by atoms with Crippen LogP contribution in [0.1, 0.15) is 17.7 Å². The zero-order valence-corrected chi connectivity index (χ0v) is 11.7. The topological polar surface area (TPSA) is 38.3 Å². The lowest BCUT2D eigenvalue weighted by Crippen LogP contribution is -2.11. The van der Waals surface area contributed by atoms with E-state index in [-0.39, 0.29) is 5.91 Å². The molecule has 0 spiro atoms. The minimum Gasteiger partial charge on any atom is -0.497 e. The summed E-state index contributed by atoms with van der Waals surface area (Å²) in [6, 6.07) is 11.5. The van der Waals surface area contributed by atoms with Crippen LogP contribution in [0.2, 0.25) is 0 Å². The third-order valence-electron chi connectivity index (χ3n) is 2.78. The van der Waals surface area contributed by atoms with E-state index in [0.717, 1.165) is 24.3 Å². The number of nitrogens with one attached hydrogen (secondary N) is 1. The average molecular weight is 275 g/mol. The van der Waals surface area contributed by atoms with E-state index >= 15 is 0 Å². The smallest absolute Gasteiger partial charge is 0.224 e. The van der Waals surface area contributed by atoms with E-state index in [9.17, 15) is 4.79 Å². The zero-order valence-electron chi connectivity index (χ0n) is 10.9. The van der Waals surface area contributed by atoms with Crippen LogP contribution in [0.15, 0.2) is 41.8 Å². The second-order valence-electron chi connectivity index (χ2n) is 4.21. The molecule has 100 valence electrons. The van der Waals surface area contributed by atoms with Crippen molar-refractivity contribution in [1.82, 2.24) is 0 Å². The number of anilines is 1. The second kappa shape index (κ2) is 6.95. The maximum absolute atomic E-state index is 11.8. The number of amides is 1. The van der Waals surface area contributed by atoms with Crippen molar-refractivity contribution < 1.29 is 9.53 Å². The number of carbonyl (C=O) groups is 1. The van der Waals surface area contributed by atoms with Crippen LogP contribution in [-0.4, -0.2) is 13.0 Å². The van der Waals surface area contributed by atoms with Gasteiger partial charge in [0.1, 0.15) is 5.75 Å². The second-order valence-corrected chi connectivity index (χ2v) is 5.24. The Labute approximate surface area is 117 Å². The maximum Gasteiger partial charge on any atom is 0.224 e. The predicted molar refractivity (Wildman–Crippen MR) is 78.9 cm³/mol. The fourth-order valence-corrected chi connectivity index (χ4v) is 2.53. The first kappa shape index (κ1) is 13.6. The highest BCUT2D eigenvalue weighted by Gasteiger charge is 2.03. The Kier molecular flexibility index (Phi) is 4.98. The van der Waals surface area contributed by atoms with Gasteiger partial charge in [0.05, 0.1) is 7.11 Å². The highest BCUT2D eigenvalue weighted by atomic mass is 32.1. The Hall–Kier alpha value is -1.81. The average Bonchev–Trinajstić information content (AvgIpc) is 2.93. The number of benzene rings is 1. The van der Waals surface area contributed by atoms with Crippen molar-refractivity contribution in [2.45, 2.75) is 19.3 Å². The monoisotopic (exact) mass is 275 g/mol. The number of thiophene rings is 1. The molecule has 0 radical (unpaired) electrons. The summed E-state index contributed by atoms with van der Waals surface area (Å²) < 4.78 is 5.07. The van der Waals surface area contributed by atoms with Gasteiger partial charge in [-0.15, -0.1) is 11.3 Å². The van der Waals surface area contributed by atoms with Crippen LogP contribution in [0, 0.1) is 0 Å². The van der Waals surface area contributed by atoms with Gasteiger partial charge in [-0.1, -0.05) is 6.07 Å². The molecule has 19 heavy (non-hydrogen) atoms. The Morgan fingerprint density at radius 1 is 1.26 bits per heavy atom. The number of aryl methyl sites for hydroxylation is 1. The molecular formula is C15H17NO2S. The lowest BCUT2D eigenvalue weighted by molar-refractivity contribution is -0.116. The number of ether oxygens (including phenoxy) is 1. The van der Waals surface area contributed by atoms with E-state index in [0.29, 0.717) is 6.42 Å². The summed E-state index contributed by atoms with van der Waals surface area (Å²) in [5, 5.41) is 4.94. The van der Waals surface area contributed by atoms with Crippen molar-refractivity contribution in [1.29, 1.82) is 0 Å². The molecule has 3 nitrogen and oxygen atoms in total. The number of hydrogen-bond acceptors (Lipinski definition) is 3. The summed E-state index contributed by atoms with van der Waals surface area (Å²) in [6.45, 7) is 0. The van der Waals surface area contributed by atoms with E-state index in [1.54, 1.807) is 18.4 Å². The number of methoxy groups -OCH3 is 1. The molecule has 1 aromatic heterocycles. The van der Waals surface area contributed by atoms with E-state index in [4.69, 9.17) is 4.74 Å². The van der Waals surface area contributed by atoms with Crippen molar-refractivity contribution in [3.8, 4) is 5.75 Å². The summed E-state index contributed by atoms with van der Waals surface area (Å²) >= 11 is 1.74. The number of hydrogen-bond donors (Lipinski definition) is 1. The maximum atomic E-state index is 11.8. The molecule has 2 rings (SSSR count). The molecule has 0 unspecified atom stereocenters. The summed E-state index contributed by atoms with van der Waals surface area (Å²) in [6.07, 6.45) is 2.39. The molecular weight excluding hydrogens is 258 g/mol. The standard InChI is InChI=1S/C15H17NO2S/c1-18-13-9-7-12(8-10-13)16-15(17)6-2-4-14-5-3-11-19-14/h3,5,7-11H,2,4,6H2,1H3,(H,16,17).